The molecule has 2 unspecified atom stereocenters. The van der Waals surface area contributed by atoms with Crippen LogP contribution in [0.25, 0.3) is 5.03 Å². The summed E-state index contributed by atoms with van der Waals surface area (Å²) in [6.45, 7) is 9.44. The summed E-state index contributed by atoms with van der Waals surface area (Å²) in [5.41, 5.74) is 4.09. The minimum atomic E-state index is 0.311. The van der Waals surface area contributed by atoms with E-state index in [1.165, 1.54) is 5.57 Å². The summed E-state index contributed by atoms with van der Waals surface area (Å²) < 4.78 is 7.90. The van der Waals surface area contributed by atoms with Gasteiger partial charge in [-0.3, -0.25) is 4.57 Å². The maximum atomic E-state index is 6.20. The van der Waals surface area contributed by atoms with E-state index in [2.05, 4.69) is 33.6 Å². The van der Waals surface area contributed by atoms with Gasteiger partial charge in [0.1, 0.15) is 5.82 Å². The van der Waals surface area contributed by atoms with E-state index in [1.54, 1.807) is 6.20 Å². The molecule has 7 nitrogen and oxygen atoms in total. The van der Waals surface area contributed by atoms with Crippen molar-refractivity contribution >= 4 is 40.1 Å². The molecule has 2 aromatic heterocycles. The molecule has 1 aromatic carbocycles. The Kier molecular flexibility index (Phi) is 5.88. The molecule has 0 aliphatic carbocycles. The van der Waals surface area contributed by atoms with Crippen LogP contribution in [0.2, 0.25) is 5.02 Å². The zero-order chi connectivity index (χ0) is 23.1. The number of aromatic nitrogens is 4. The lowest BCUT2D eigenvalue weighted by Gasteiger charge is -2.21. The number of hydrogen-bond donors (Lipinski definition) is 0. The first-order valence-electron chi connectivity index (χ1n) is 11.0. The first kappa shape index (κ1) is 22.0. The van der Waals surface area contributed by atoms with Gasteiger partial charge >= 0.3 is 0 Å². The topological polar surface area (TPSA) is 68.4 Å². The van der Waals surface area contributed by atoms with Gasteiger partial charge in [0.25, 0.3) is 5.95 Å². The number of rotatable bonds is 5. The number of thioether (sulfide) groups is 1. The molecule has 0 bridgehead atoms. The van der Waals surface area contributed by atoms with Crippen molar-refractivity contribution in [1.82, 2.24) is 19.7 Å². The monoisotopic (exact) mass is 480 g/mol. The van der Waals surface area contributed by atoms with Crippen molar-refractivity contribution < 1.29 is 4.74 Å². The molecule has 0 saturated heterocycles. The van der Waals surface area contributed by atoms with Gasteiger partial charge < -0.3 is 4.74 Å². The molecule has 9 heteroatoms. The van der Waals surface area contributed by atoms with Crippen LogP contribution in [0.4, 0.5) is 5.95 Å². The van der Waals surface area contributed by atoms with Crippen LogP contribution >= 0.6 is 23.4 Å². The van der Waals surface area contributed by atoms with Crippen LogP contribution in [0.3, 0.4) is 0 Å². The smallest absolute Gasteiger partial charge is 0.253 e. The molecule has 5 rings (SSSR count). The number of allylic oxidation sites excluding steroid dienone is 1. The van der Waals surface area contributed by atoms with E-state index in [1.807, 2.05) is 67.0 Å². The summed E-state index contributed by atoms with van der Waals surface area (Å²) in [5, 5.41) is 18.3. The summed E-state index contributed by atoms with van der Waals surface area (Å²) in [7, 11) is 0. The third-order valence-electron chi connectivity index (χ3n) is 5.97. The highest BCUT2D eigenvalue weighted by molar-refractivity contribution is 8.08. The highest BCUT2D eigenvalue weighted by Gasteiger charge is 2.38. The van der Waals surface area contributed by atoms with Gasteiger partial charge in [0.15, 0.2) is 0 Å². The number of halogens is 1. The molecule has 0 saturated carbocycles. The van der Waals surface area contributed by atoms with Crippen molar-refractivity contribution in [3.8, 4) is 5.88 Å². The Morgan fingerprint density at radius 1 is 1.12 bits per heavy atom. The van der Waals surface area contributed by atoms with Crippen LogP contribution in [0.5, 0.6) is 5.88 Å². The van der Waals surface area contributed by atoms with E-state index in [0.29, 0.717) is 41.2 Å². The van der Waals surface area contributed by atoms with Crippen molar-refractivity contribution in [1.29, 1.82) is 0 Å². The standard InChI is InChI=1S/C24H25ClN6OS/c1-5-32-22-18(7-6-12-26-22)13-30-24-28-27-16(4)31(24)23-20(14(2)15(3)33-23)21(29-30)17-8-10-19(25)11-9-17/h6-12,14-15H,5,13H2,1-4H3. The summed E-state index contributed by atoms with van der Waals surface area (Å²) in [6, 6.07) is 11.8. The number of aryl methyl sites for hydroxylation is 1. The summed E-state index contributed by atoms with van der Waals surface area (Å²) >= 11 is 8.04. The molecule has 2 atom stereocenters. The number of hydrogen-bond acceptors (Lipinski definition) is 7. The fourth-order valence-corrected chi connectivity index (χ4v) is 5.68. The fourth-order valence-electron chi connectivity index (χ4n) is 4.14. The van der Waals surface area contributed by atoms with Gasteiger partial charge in [0, 0.05) is 33.2 Å². The van der Waals surface area contributed by atoms with Crippen molar-refractivity contribution in [2.45, 2.75) is 39.5 Å². The second-order valence-corrected chi connectivity index (χ2v) is 9.93. The lowest BCUT2D eigenvalue weighted by atomic mass is 9.91. The molecular formula is C24H25ClN6OS. The van der Waals surface area contributed by atoms with Crippen LogP contribution in [0.15, 0.2) is 53.3 Å². The average molecular weight is 481 g/mol. The van der Waals surface area contributed by atoms with Crippen LogP contribution < -0.4 is 9.75 Å². The van der Waals surface area contributed by atoms with E-state index in [0.717, 1.165) is 27.7 Å². The maximum absolute atomic E-state index is 6.20. The molecule has 0 spiro atoms. The van der Waals surface area contributed by atoms with Crippen LogP contribution in [-0.4, -0.2) is 37.3 Å². The maximum Gasteiger partial charge on any atom is 0.253 e. The van der Waals surface area contributed by atoms with E-state index in [9.17, 15) is 0 Å². The molecule has 2 aliphatic heterocycles. The number of benzene rings is 1. The Labute approximate surface area is 202 Å². The van der Waals surface area contributed by atoms with Crippen LogP contribution in [0.1, 0.15) is 37.7 Å². The normalized spacial score (nSPS) is 19.8. The minimum absolute atomic E-state index is 0.311. The van der Waals surface area contributed by atoms with E-state index < -0.39 is 0 Å². The Morgan fingerprint density at radius 2 is 1.91 bits per heavy atom. The fraction of sp³-hybridized carbons (Fsp3) is 0.333. The van der Waals surface area contributed by atoms with E-state index in [-0.39, 0.29) is 0 Å². The Bertz CT molecular complexity index is 1250. The van der Waals surface area contributed by atoms with Gasteiger partial charge in [-0.05, 0) is 38.0 Å². The zero-order valence-corrected chi connectivity index (χ0v) is 20.6. The van der Waals surface area contributed by atoms with Crippen molar-refractivity contribution in [3.63, 3.8) is 0 Å². The third-order valence-corrected chi connectivity index (χ3v) is 7.63. The van der Waals surface area contributed by atoms with Gasteiger partial charge in [-0.2, -0.15) is 5.10 Å². The van der Waals surface area contributed by atoms with E-state index >= 15 is 0 Å². The van der Waals surface area contributed by atoms with Crippen LogP contribution in [-0.2, 0) is 6.54 Å². The quantitative estimate of drug-likeness (QED) is 0.487. The first-order chi connectivity index (χ1) is 16.0. The minimum Gasteiger partial charge on any atom is -0.478 e. The molecule has 170 valence electrons. The molecule has 0 radical (unpaired) electrons. The summed E-state index contributed by atoms with van der Waals surface area (Å²) in [4.78, 5) is 4.42. The van der Waals surface area contributed by atoms with Gasteiger partial charge in [-0.1, -0.05) is 43.6 Å². The lowest BCUT2D eigenvalue weighted by molar-refractivity contribution is 0.322. The zero-order valence-electron chi connectivity index (χ0n) is 19.0. The SMILES string of the molecule is CCOc1ncccc1CN1N=C(c2ccc(Cl)cc2)C2=C(SC(C)C2C)n2c(C)nnc21. The third kappa shape index (κ3) is 3.91. The molecule has 33 heavy (non-hydrogen) atoms. The Morgan fingerprint density at radius 3 is 2.67 bits per heavy atom. The molecule has 0 fully saturated rings. The van der Waals surface area contributed by atoms with Crippen molar-refractivity contribution in [2.75, 3.05) is 11.6 Å². The number of hydrazone groups is 1. The molecule has 0 amide bonds. The molecule has 2 aliphatic rings. The van der Waals surface area contributed by atoms with Gasteiger partial charge in [0.2, 0.25) is 5.88 Å². The summed E-state index contributed by atoms with van der Waals surface area (Å²) in [6.07, 6.45) is 1.74. The number of fused-ring (bicyclic) bond motifs is 2. The van der Waals surface area contributed by atoms with Crippen molar-refractivity contribution in [3.05, 3.63) is 70.1 Å². The van der Waals surface area contributed by atoms with Crippen LogP contribution in [0, 0.1) is 12.8 Å². The Hall–Kier alpha value is -2.84. The predicted molar refractivity (Wildman–Crippen MR) is 134 cm³/mol. The first-order valence-corrected chi connectivity index (χ1v) is 12.3. The molecule has 0 N–H and O–H groups in total. The summed E-state index contributed by atoms with van der Waals surface area (Å²) in [5.74, 6) is 2.43. The van der Waals surface area contributed by atoms with E-state index in [4.69, 9.17) is 21.4 Å². The molecular weight excluding hydrogens is 456 g/mol. The second kappa shape index (κ2) is 8.83. The molecule has 3 aromatic rings. The number of ether oxygens (including phenoxy) is 1. The second-order valence-electron chi connectivity index (χ2n) is 8.13. The largest absolute Gasteiger partial charge is 0.478 e. The lowest BCUT2D eigenvalue weighted by Crippen LogP contribution is -2.23. The highest BCUT2D eigenvalue weighted by atomic mass is 35.5. The molecule has 4 heterocycles. The predicted octanol–water partition coefficient (Wildman–Crippen LogP) is 5.40. The van der Waals surface area contributed by atoms with Gasteiger partial charge in [-0.15, -0.1) is 22.0 Å². The van der Waals surface area contributed by atoms with Crippen molar-refractivity contribution in [2.24, 2.45) is 11.0 Å². The Balaban J connectivity index is 1.69. The number of anilines is 1. The highest BCUT2D eigenvalue weighted by Crippen LogP contribution is 2.49. The number of nitrogens with zero attached hydrogens (tertiary/aromatic N) is 6. The average Bonchev–Trinajstić information content (AvgIpc) is 3.28. The number of pyridine rings is 1. The van der Waals surface area contributed by atoms with Gasteiger partial charge in [-0.25, -0.2) is 9.99 Å². The van der Waals surface area contributed by atoms with Gasteiger partial charge in [0.05, 0.1) is 23.9 Å².